The van der Waals surface area contributed by atoms with E-state index in [0.29, 0.717) is 5.41 Å². The lowest BCUT2D eigenvalue weighted by atomic mass is 9.65. The molecule has 2 aliphatic carbocycles. The smallest absolute Gasteiger partial charge is 0.0154 e. The molecule has 2 saturated carbocycles. The highest BCUT2D eigenvalue weighted by atomic mass is 127. The highest BCUT2D eigenvalue weighted by molar-refractivity contribution is 14.2. The third-order valence-corrected chi connectivity index (χ3v) is 11.0. The monoisotopic (exact) mass is 528 g/mol. The van der Waals surface area contributed by atoms with Gasteiger partial charge in [-0.2, -0.15) is 0 Å². The quantitative estimate of drug-likeness (QED) is 0.199. The molecule has 0 aromatic rings. The van der Waals surface area contributed by atoms with Crippen LogP contribution in [0.25, 0.3) is 0 Å². The first kappa shape index (κ1) is 24.1. The molecule has 154 valence electrons. The maximum Gasteiger partial charge on any atom is 0.0154 e. The molecule has 4 heteroatoms. The number of hydrogen-bond acceptors (Lipinski definition) is 3. The molecule has 0 aliphatic heterocycles. The Morgan fingerprint density at radius 3 is 2.46 bits per heavy atom. The summed E-state index contributed by atoms with van der Waals surface area (Å²) in [5.41, 5.74) is 0.550. The molecule has 0 bridgehead atoms. The topological polar surface area (TPSA) is 0 Å². The van der Waals surface area contributed by atoms with Gasteiger partial charge < -0.3 is 0 Å². The van der Waals surface area contributed by atoms with Crippen molar-refractivity contribution in [2.24, 2.45) is 35.0 Å². The van der Waals surface area contributed by atoms with Gasteiger partial charge in [-0.15, -0.1) is 11.7 Å². The number of thiol groups is 1. The summed E-state index contributed by atoms with van der Waals surface area (Å²) in [5.74, 6) is 6.04. The second-order valence-corrected chi connectivity index (χ2v) is 13.4. The molecule has 2 fully saturated rings. The second kappa shape index (κ2) is 11.8. The molecule has 0 nitrogen and oxygen atoms in total. The van der Waals surface area contributed by atoms with Crippen molar-refractivity contribution in [3.8, 4) is 0 Å². The molecule has 7 atom stereocenters. The van der Waals surface area contributed by atoms with Crippen LogP contribution < -0.4 is 0 Å². The fraction of sp³-hybridized carbons (Fsp3) is 1.00. The van der Waals surface area contributed by atoms with Crippen LogP contribution in [0.4, 0.5) is 0 Å². The average molecular weight is 529 g/mol. The summed E-state index contributed by atoms with van der Waals surface area (Å²) in [6, 6.07) is 0. The lowest BCUT2D eigenvalue weighted by Gasteiger charge is -2.44. The molecule has 6 unspecified atom stereocenters. The van der Waals surface area contributed by atoms with Gasteiger partial charge in [0, 0.05) is 11.0 Å². The van der Waals surface area contributed by atoms with E-state index in [9.17, 15) is 0 Å². The fourth-order valence-electron chi connectivity index (χ4n) is 6.32. The van der Waals surface area contributed by atoms with Crippen LogP contribution in [-0.2, 0) is 0 Å². The Hall–Kier alpha value is 1.78. The van der Waals surface area contributed by atoms with Gasteiger partial charge in [-0.1, -0.05) is 66.7 Å². The minimum absolute atomic E-state index is 0.550. The highest BCUT2D eigenvalue weighted by Crippen LogP contribution is 2.56. The summed E-state index contributed by atoms with van der Waals surface area (Å²) in [6.07, 6.45) is 14.3. The van der Waals surface area contributed by atoms with Crippen molar-refractivity contribution in [3.63, 3.8) is 0 Å². The van der Waals surface area contributed by atoms with E-state index in [2.05, 4.69) is 57.8 Å². The fourth-order valence-corrected chi connectivity index (χ4v) is 10.1. The minimum Gasteiger partial charge on any atom is -0.111 e. The zero-order valence-corrected chi connectivity index (χ0v) is 22.1. The highest BCUT2D eigenvalue weighted by Gasteiger charge is 2.47. The minimum atomic E-state index is 0.550. The molecule has 0 N–H and O–H groups in total. The van der Waals surface area contributed by atoms with E-state index in [-0.39, 0.29) is 0 Å². The Balaban J connectivity index is 2.33. The Kier molecular flexibility index (Phi) is 10.9. The van der Waals surface area contributed by atoms with Crippen molar-refractivity contribution in [2.75, 3.05) is 5.75 Å². The molecule has 0 aromatic carbocycles. The third-order valence-electron chi connectivity index (χ3n) is 7.79. The van der Waals surface area contributed by atoms with Crippen LogP contribution in [0.3, 0.4) is 0 Å². The van der Waals surface area contributed by atoms with Crippen LogP contribution in [-0.4, -0.2) is 11.0 Å². The lowest BCUT2D eigenvalue weighted by molar-refractivity contribution is 0.105. The van der Waals surface area contributed by atoms with Gasteiger partial charge in [-0.05, 0) is 101 Å². The van der Waals surface area contributed by atoms with E-state index in [4.69, 9.17) is 11.7 Å². The molecule has 26 heavy (non-hydrogen) atoms. The maximum atomic E-state index is 4.73. The number of rotatable bonds is 7. The van der Waals surface area contributed by atoms with Gasteiger partial charge in [0.05, 0.1) is 0 Å². The van der Waals surface area contributed by atoms with Gasteiger partial charge in [0.2, 0.25) is 0 Å². The van der Waals surface area contributed by atoms with Gasteiger partial charge in [0.25, 0.3) is 0 Å². The third kappa shape index (κ3) is 6.14. The van der Waals surface area contributed by atoms with Gasteiger partial charge in [0.15, 0.2) is 0 Å². The molecule has 2 rings (SSSR count). The largest absolute Gasteiger partial charge is 0.111 e. The van der Waals surface area contributed by atoms with Gasteiger partial charge in [-0.25, -0.2) is 0 Å². The summed E-state index contributed by atoms with van der Waals surface area (Å²) in [6.45, 7) is 9.86. The Labute approximate surface area is 189 Å². The van der Waals surface area contributed by atoms with Crippen molar-refractivity contribution in [1.82, 2.24) is 0 Å². The van der Waals surface area contributed by atoms with E-state index in [1.54, 1.807) is 0 Å². The molecule has 0 heterocycles. The molecular weight excluding hydrogens is 487 g/mol. The van der Waals surface area contributed by atoms with Gasteiger partial charge >= 0.3 is 0 Å². The first-order valence-corrected chi connectivity index (χ1v) is 16.5. The van der Waals surface area contributed by atoms with Gasteiger partial charge in [0.1, 0.15) is 0 Å². The summed E-state index contributed by atoms with van der Waals surface area (Å²) in [4.78, 5) is 0. The van der Waals surface area contributed by atoms with Crippen LogP contribution in [0.5, 0.6) is 0 Å². The van der Waals surface area contributed by atoms with Gasteiger partial charge in [-0.3, -0.25) is 0 Å². The van der Waals surface area contributed by atoms with Crippen LogP contribution in [0.15, 0.2) is 0 Å². The van der Waals surface area contributed by atoms with Crippen LogP contribution in [0, 0.1) is 35.0 Å². The first-order chi connectivity index (χ1) is 12.5. The van der Waals surface area contributed by atoms with Crippen molar-refractivity contribution in [2.45, 2.75) is 97.2 Å². The molecule has 0 radical (unpaired) electrons. The zero-order chi connectivity index (χ0) is 19.2. The standard InChI is InChI=1S/C22H41IS3/c1-5-7-19-12-16(3)13-21(19)22(15-25-23)11-10-18(6-2)17(4)8-9-20(14-22)26-24/h16-21,24H,5-15H2,1-4H3/t16-,17?,18?,19?,20?,21?,22?/m1/s1. The number of halogens is 1. The summed E-state index contributed by atoms with van der Waals surface area (Å²) in [7, 11) is 3.97. The predicted octanol–water partition coefficient (Wildman–Crippen LogP) is 9.09. The van der Waals surface area contributed by atoms with E-state index in [1.807, 2.05) is 10.8 Å². The van der Waals surface area contributed by atoms with Crippen LogP contribution in [0.1, 0.15) is 91.9 Å². The van der Waals surface area contributed by atoms with Crippen molar-refractivity contribution in [1.29, 1.82) is 0 Å². The molecule has 0 spiro atoms. The molecule has 0 amide bonds. The zero-order valence-electron chi connectivity index (χ0n) is 17.4. The van der Waals surface area contributed by atoms with E-state index in [0.717, 1.165) is 34.8 Å². The van der Waals surface area contributed by atoms with Crippen LogP contribution >= 0.6 is 52.6 Å². The molecular formula is C22H41IS3. The second-order valence-electron chi connectivity index (χ2n) is 9.54. The van der Waals surface area contributed by atoms with Crippen LogP contribution in [0.2, 0.25) is 0 Å². The van der Waals surface area contributed by atoms with Crippen molar-refractivity contribution in [3.05, 3.63) is 0 Å². The van der Waals surface area contributed by atoms with E-state index in [1.165, 1.54) is 70.0 Å². The van der Waals surface area contributed by atoms with E-state index < -0.39 is 0 Å². The molecule has 0 aromatic heterocycles. The maximum absolute atomic E-state index is 4.73. The summed E-state index contributed by atoms with van der Waals surface area (Å²) < 4.78 is 0. The molecule has 0 saturated heterocycles. The predicted molar refractivity (Wildman–Crippen MR) is 136 cm³/mol. The average Bonchev–Trinajstić information content (AvgIpc) is 3.01. The summed E-state index contributed by atoms with van der Waals surface area (Å²) in [5, 5.41) is 0.748. The summed E-state index contributed by atoms with van der Waals surface area (Å²) >= 11 is 7.32. The normalized spacial score (nSPS) is 42.2. The Morgan fingerprint density at radius 1 is 1.08 bits per heavy atom. The SMILES string of the molecule is CCCC1C[C@@H](C)CC1C1(CSI)CCC(CC)C(C)CCC(SS)C1. The first-order valence-electron chi connectivity index (χ1n) is 11.0. The molecule has 2 aliphatic rings. The lowest BCUT2D eigenvalue weighted by Crippen LogP contribution is -2.38. The Morgan fingerprint density at radius 2 is 1.85 bits per heavy atom. The number of hydrogen-bond donors (Lipinski definition) is 1. The van der Waals surface area contributed by atoms with Crippen molar-refractivity contribution >= 4 is 52.6 Å². The van der Waals surface area contributed by atoms with E-state index >= 15 is 0 Å². The Bertz CT molecular complexity index is 405. The van der Waals surface area contributed by atoms with Crippen molar-refractivity contribution < 1.29 is 0 Å².